The summed E-state index contributed by atoms with van der Waals surface area (Å²) in [6.07, 6.45) is 0.792. The first-order valence-corrected chi connectivity index (χ1v) is 5.94. The van der Waals surface area contributed by atoms with Crippen molar-refractivity contribution in [1.82, 2.24) is 5.32 Å². The standard InChI is InChI=1S/C9H11Cl2NOS/c1-6(12-9(13)5-10)4-7-2-3-8(11)14-7/h2-3,6H,4-5H2,1H3,(H,12,13). The minimum absolute atomic E-state index is 0.00946. The number of nitrogens with one attached hydrogen (secondary N) is 1. The zero-order valence-corrected chi connectivity index (χ0v) is 10.0. The molecule has 0 saturated heterocycles. The fourth-order valence-corrected chi connectivity index (χ4v) is 2.42. The molecule has 1 atom stereocenters. The number of hydrogen-bond donors (Lipinski definition) is 1. The van der Waals surface area contributed by atoms with E-state index in [9.17, 15) is 4.79 Å². The van der Waals surface area contributed by atoms with Crippen molar-refractivity contribution in [2.45, 2.75) is 19.4 Å². The summed E-state index contributed by atoms with van der Waals surface area (Å²) in [6.45, 7) is 1.94. The molecule has 2 nitrogen and oxygen atoms in total. The Balaban J connectivity index is 2.41. The monoisotopic (exact) mass is 251 g/mol. The molecule has 0 spiro atoms. The number of thiophene rings is 1. The Kier molecular flexibility index (Phi) is 4.72. The van der Waals surface area contributed by atoms with E-state index in [1.165, 1.54) is 11.3 Å². The molecule has 78 valence electrons. The summed E-state index contributed by atoms with van der Waals surface area (Å²) in [6, 6.07) is 3.92. The average molecular weight is 252 g/mol. The molecule has 1 amide bonds. The molecule has 0 aliphatic heterocycles. The van der Waals surface area contributed by atoms with E-state index in [1.807, 2.05) is 19.1 Å². The first-order valence-electron chi connectivity index (χ1n) is 4.21. The third kappa shape index (κ3) is 3.86. The molecule has 1 unspecified atom stereocenters. The normalized spacial score (nSPS) is 12.5. The van der Waals surface area contributed by atoms with E-state index >= 15 is 0 Å². The first-order chi connectivity index (χ1) is 6.61. The van der Waals surface area contributed by atoms with Gasteiger partial charge in [-0.25, -0.2) is 0 Å². The van der Waals surface area contributed by atoms with E-state index in [1.54, 1.807) is 0 Å². The highest BCUT2D eigenvalue weighted by atomic mass is 35.5. The van der Waals surface area contributed by atoms with Crippen LogP contribution in [0.2, 0.25) is 4.34 Å². The van der Waals surface area contributed by atoms with Gasteiger partial charge in [-0.15, -0.1) is 22.9 Å². The summed E-state index contributed by atoms with van der Waals surface area (Å²) in [5.74, 6) is -0.128. The van der Waals surface area contributed by atoms with E-state index in [4.69, 9.17) is 23.2 Å². The average Bonchev–Trinajstić information content (AvgIpc) is 2.50. The Morgan fingerprint density at radius 1 is 1.64 bits per heavy atom. The Bertz CT molecular complexity index is 314. The van der Waals surface area contributed by atoms with E-state index in [2.05, 4.69) is 5.32 Å². The van der Waals surface area contributed by atoms with E-state index in [0.717, 1.165) is 15.6 Å². The maximum Gasteiger partial charge on any atom is 0.235 e. The van der Waals surface area contributed by atoms with Crippen LogP contribution in [0.5, 0.6) is 0 Å². The minimum Gasteiger partial charge on any atom is -0.352 e. The highest BCUT2D eigenvalue weighted by Gasteiger charge is 2.08. The molecule has 0 radical (unpaired) electrons. The lowest BCUT2D eigenvalue weighted by molar-refractivity contribution is -0.119. The Morgan fingerprint density at radius 3 is 2.86 bits per heavy atom. The third-order valence-corrected chi connectivity index (χ3v) is 3.16. The van der Waals surface area contributed by atoms with Gasteiger partial charge in [0.1, 0.15) is 5.88 Å². The Morgan fingerprint density at radius 2 is 2.36 bits per heavy atom. The molecule has 0 aliphatic rings. The van der Waals surface area contributed by atoms with Crippen LogP contribution in [0.15, 0.2) is 12.1 Å². The fraction of sp³-hybridized carbons (Fsp3) is 0.444. The van der Waals surface area contributed by atoms with Crippen LogP contribution < -0.4 is 5.32 Å². The Labute approximate surface area is 97.2 Å². The zero-order valence-electron chi connectivity index (χ0n) is 7.72. The number of hydrogen-bond acceptors (Lipinski definition) is 2. The van der Waals surface area contributed by atoms with Crippen molar-refractivity contribution in [2.75, 3.05) is 5.88 Å². The lowest BCUT2D eigenvalue weighted by atomic mass is 10.2. The molecule has 14 heavy (non-hydrogen) atoms. The van der Waals surface area contributed by atoms with Crippen LogP contribution in [0.1, 0.15) is 11.8 Å². The highest BCUT2D eigenvalue weighted by molar-refractivity contribution is 7.16. The second kappa shape index (κ2) is 5.59. The first kappa shape index (κ1) is 11.8. The summed E-state index contributed by atoms with van der Waals surface area (Å²) in [4.78, 5) is 12.1. The zero-order chi connectivity index (χ0) is 10.6. The molecule has 1 heterocycles. The second-order valence-electron chi connectivity index (χ2n) is 3.01. The van der Waals surface area contributed by atoms with Gasteiger partial charge in [-0.05, 0) is 19.1 Å². The van der Waals surface area contributed by atoms with Gasteiger partial charge >= 0.3 is 0 Å². The predicted octanol–water partition coefficient (Wildman–Crippen LogP) is 2.69. The summed E-state index contributed by atoms with van der Waals surface area (Å²) < 4.78 is 0.774. The fourth-order valence-electron chi connectivity index (χ4n) is 1.13. The summed E-state index contributed by atoms with van der Waals surface area (Å²) in [5, 5.41) is 2.78. The molecule has 0 saturated carbocycles. The molecule has 0 fully saturated rings. The van der Waals surface area contributed by atoms with Crippen molar-refractivity contribution in [3.8, 4) is 0 Å². The lowest BCUT2D eigenvalue weighted by Gasteiger charge is -2.11. The number of halogens is 2. The van der Waals surface area contributed by atoms with Gasteiger partial charge in [-0.2, -0.15) is 0 Å². The van der Waals surface area contributed by atoms with E-state index < -0.39 is 0 Å². The summed E-state index contributed by atoms with van der Waals surface area (Å²) in [5.41, 5.74) is 0. The van der Waals surface area contributed by atoms with Crippen molar-refractivity contribution in [3.05, 3.63) is 21.3 Å². The molecule has 1 aromatic rings. The van der Waals surface area contributed by atoms with Gasteiger partial charge in [0, 0.05) is 17.3 Å². The van der Waals surface area contributed by atoms with Gasteiger partial charge in [-0.1, -0.05) is 11.6 Å². The van der Waals surface area contributed by atoms with Gasteiger partial charge in [0.15, 0.2) is 0 Å². The molecule has 1 rings (SSSR count). The number of alkyl halides is 1. The number of carbonyl (C=O) groups excluding carboxylic acids is 1. The van der Waals surface area contributed by atoms with Crippen molar-refractivity contribution in [3.63, 3.8) is 0 Å². The second-order valence-corrected chi connectivity index (χ2v) is 5.08. The van der Waals surface area contributed by atoms with Crippen LogP contribution in [0.3, 0.4) is 0 Å². The third-order valence-electron chi connectivity index (χ3n) is 1.66. The van der Waals surface area contributed by atoms with Crippen LogP contribution in [0.25, 0.3) is 0 Å². The number of amides is 1. The molecule has 5 heteroatoms. The number of rotatable bonds is 4. The van der Waals surface area contributed by atoms with Crippen LogP contribution >= 0.6 is 34.5 Å². The van der Waals surface area contributed by atoms with Crippen LogP contribution in [-0.2, 0) is 11.2 Å². The summed E-state index contributed by atoms with van der Waals surface area (Å²) in [7, 11) is 0. The predicted molar refractivity (Wildman–Crippen MR) is 61.4 cm³/mol. The topological polar surface area (TPSA) is 29.1 Å². The molecule has 0 bridgehead atoms. The summed E-state index contributed by atoms with van der Waals surface area (Å²) >= 11 is 12.7. The molecule has 1 aromatic heterocycles. The van der Waals surface area contributed by atoms with Gasteiger partial charge in [0.2, 0.25) is 5.91 Å². The number of carbonyl (C=O) groups is 1. The Hall–Kier alpha value is -0.250. The SMILES string of the molecule is CC(Cc1ccc(Cl)s1)NC(=O)CCl. The van der Waals surface area contributed by atoms with Crippen LogP contribution in [-0.4, -0.2) is 17.8 Å². The van der Waals surface area contributed by atoms with Crippen molar-refractivity contribution in [2.24, 2.45) is 0 Å². The van der Waals surface area contributed by atoms with Gasteiger partial charge in [0.25, 0.3) is 0 Å². The van der Waals surface area contributed by atoms with Crippen LogP contribution in [0, 0.1) is 0 Å². The smallest absolute Gasteiger partial charge is 0.235 e. The molecule has 1 N–H and O–H groups in total. The molecule has 0 aromatic carbocycles. The van der Waals surface area contributed by atoms with E-state index in [0.29, 0.717) is 0 Å². The van der Waals surface area contributed by atoms with Gasteiger partial charge in [-0.3, -0.25) is 4.79 Å². The van der Waals surface area contributed by atoms with Crippen molar-refractivity contribution < 1.29 is 4.79 Å². The molecule has 0 aliphatic carbocycles. The maximum atomic E-state index is 11.0. The largest absolute Gasteiger partial charge is 0.352 e. The molecular weight excluding hydrogens is 241 g/mol. The van der Waals surface area contributed by atoms with E-state index in [-0.39, 0.29) is 17.8 Å². The van der Waals surface area contributed by atoms with Crippen molar-refractivity contribution >= 4 is 40.4 Å². The lowest BCUT2D eigenvalue weighted by Crippen LogP contribution is -2.34. The van der Waals surface area contributed by atoms with Gasteiger partial charge in [0.05, 0.1) is 4.34 Å². The minimum atomic E-state index is -0.137. The molecular formula is C9H11Cl2NOS. The highest BCUT2D eigenvalue weighted by Crippen LogP contribution is 2.22. The maximum absolute atomic E-state index is 11.0. The van der Waals surface area contributed by atoms with Crippen molar-refractivity contribution in [1.29, 1.82) is 0 Å². The quantitative estimate of drug-likeness (QED) is 0.820. The van der Waals surface area contributed by atoms with Gasteiger partial charge < -0.3 is 5.32 Å². The van der Waals surface area contributed by atoms with Crippen LogP contribution in [0.4, 0.5) is 0 Å².